The monoisotopic (exact) mass is 391 g/mol. The molecule has 0 bridgehead atoms. The second kappa shape index (κ2) is 8.19. The largest absolute Gasteiger partial charge is 0.490 e. The lowest BCUT2D eigenvalue weighted by Gasteiger charge is -2.17. The topological polar surface area (TPSA) is 47.6 Å². The van der Waals surface area contributed by atoms with E-state index in [2.05, 4.69) is 27.3 Å². The van der Waals surface area contributed by atoms with E-state index in [0.717, 1.165) is 4.47 Å². The predicted octanol–water partition coefficient (Wildman–Crippen LogP) is 3.45. The number of nitrogens with one attached hydrogen (secondary N) is 1. The van der Waals surface area contributed by atoms with Gasteiger partial charge in [-0.1, -0.05) is 0 Å². The van der Waals surface area contributed by atoms with E-state index in [1.807, 2.05) is 36.5 Å². The van der Waals surface area contributed by atoms with Crippen molar-refractivity contribution >= 4 is 45.4 Å². The molecule has 0 radical (unpaired) electrons. The third kappa shape index (κ3) is 4.47. The first-order valence-electron chi connectivity index (χ1n) is 6.68. The average molecular weight is 392 g/mol. The van der Waals surface area contributed by atoms with Crippen molar-refractivity contribution in [2.45, 2.75) is 11.5 Å². The molecule has 21 heavy (non-hydrogen) atoms. The average Bonchev–Trinajstić information content (AvgIpc) is 3.00. The maximum Gasteiger partial charge on any atom is 0.257 e. The molecule has 1 amide bonds. The van der Waals surface area contributed by atoms with E-state index in [1.54, 1.807) is 7.05 Å². The molecule has 1 saturated heterocycles. The first kappa shape index (κ1) is 16.8. The summed E-state index contributed by atoms with van der Waals surface area (Å²) in [6.45, 7) is 2.46. The molecular weight excluding hydrogens is 374 g/mol. The van der Waals surface area contributed by atoms with Crippen LogP contribution >= 0.6 is 39.5 Å². The van der Waals surface area contributed by atoms with Crippen molar-refractivity contribution in [3.63, 3.8) is 0 Å². The number of ether oxygens (including phenoxy) is 2. The molecule has 0 saturated carbocycles. The first-order chi connectivity index (χ1) is 10.2. The Morgan fingerprint density at radius 3 is 2.71 bits per heavy atom. The second-order valence-electron chi connectivity index (χ2n) is 4.30. The zero-order valence-electron chi connectivity index (χ0n) is 12.0. The smallest absolute Gasteiger partial charge is 0.257 e. The van der Waals surface area contributed by atoms with Gasteiger partial charge in [0.05, 0.1) is 15.7 Å². The van der Waals surface area contributed by atoms with Crippen LogP contribution in [0.2, 0.25) is 0 Å². The van der Waals surface area contributed by atoms with Gasteiger partial charge in [0.15, 0.2) is 18.1 Å². The van der Waals surface area contributed by atoms with Crippen LogP contribution in [0.3, 0.4) is 0 Å². The summed E-state index contributed by atoms with van der Waals surface area (Å²) in [5.41, 5.74) is 1.21. The van der Waals surface area contributed by atoms with Gasteiger partial charge < -0.3 is 14.8 Å². The minimum absolute atomic E-state index is 0.0263. The fourth-order valence-corrected chi connectivity index (χ4v) is 5.28. The van der Waals surface area contributed by atoms with Crippen molar-refractivity contribution < 1.29 is 14.3 Å². The van der Waals surface area contributed by atoms with Crippen LogP contribution in [0.4, 0.5) is 0 Å². The molecule has 116 valence electrons. The van der Waals surface area contributed by atoms with Crippen molar-refractivity contribution in [3.8, 4) is 11.5 Å². The normalized spacial score (nSPS) is 15.0. The van der Waals surface area contributed by atoms with Crippen molar-refractivity contribution in [1.82, 2.24) is 5.32 Å². The maximum absolute atomic E-state index is 11.3. The molecule has 0 atom stereocenters. The minimum atomic E-state index is -0.171. The van der Waals surface area contributed by atoms with E-state index in [1.165, 1.54) is 17.1 Å². The fourth-order valence-electron chi connectivity index (χ4n) is 1.89. The van der Waals surface area contributed by atoms with Gasteiger partial charge >= 0.3 is 0 Å². The van der Waals surface area contributed by atoms with E-state index in [0.29, 0.717) is 22.7 Å². The van der Waals surface area contributed by atoms with E-state index in [-0.39, 0.29) is 12.5 Å². The highest BCUT2D eigenvalue weighted by Crippen LogP contribution is 2.48. The molecule has 1 heterocycles. The molecule has 1 fully saturated rings. The van der Waals surface area contributed by atoms with Crippen molar-refractivity contribution in [2.24, 2.45) is 0 Å². The number of carbonyl (C=O) groups excluding carboxylic acids is 1. The lowest BCUT2D eigenvalue weighted by molar-refractivity contribution is -0.122. The molecule has 7 heteroatoms. The summed E-state index contributed by atoms with van der Waals surface area (Å²) in [6.07, 6.45) is 0. The van der Waals surface area contributed by atoms with Gasteiger partial charge in [-0.05, 0) is 40.5 Å². The Kier molecular flexibility index (Phi) is 6.57. The Morgan fingerprint density at radius 1 is 1.38 bits per heavy atom. The second-order valence-corrected chi connectivity index (χ2v) is 7.88. The molecule has 1 N–H and O–H groups in total. The van der Waals surface area contributed by atoms with Crippen molar-refractivity contribution in [1.29, 1.82) is 0 Å². The summed E-state index contributed by atoms with van der Waals surface area (Å²) in [5.74, 6) is 3.43. The molecule has 2 rings (SSSR count). The molecule has 1 aliphatic heterocycles. The molecule has 0 aromatic heterocycles. The maximum atomic E-state index is 11.3. The molecule has 1 aromatic rings. The number of rotatable bonds is 6. The van der Waals surface area contributed by atoms with E-state index >= 15 is 0 Å². The molecule has 4 nitrogen and oxygen atoms in total. The fraction of sp³-hybridized carbons (Fsp3) is 0.500. The Labute approximate surface area is 141 Å². The Hall–Kier alpha value is -0.530. The number of hydrogen-bond acceptors (Lipinski definition) is 5. The first-order valence-corrected chi connectivity index (χ1v) is 9.57. The van der Waals surface area contributed by atoms with Crippen LogP contribution < -0.4 is 14.8 Å². The summed E-state index contributed by atoms with van der Waals surface area (Å²) in [6, 6.07) is 4.07. The Morgan fingerprint density at radius 2 is 2.10 bits per heavy atom. The van der Waals surface area contributed by atoms with Crippen LogP contribution in [0.25, 0.3) is 0 Å². The highest BCUT2D eigenvalue weighted by molar-refractivity contribution is 9.10. The Bertz CT molecular complexity index is 507. The number of hydrogen-bond donors (Lipinski definition) is 1. The number of likely N-dealkylation sites (N-methyl/N-ethyl adjacent to an activating group) is 1. The third-order valence-electron chi connectivity index (χ3n) is 2.85. The number of thioether (sulfide) groups is 2. The summed E-state index contributed by atoms with van der Waals surface area (Å²) >= 11 is 7.41. The number of carbonyl (C=O) groups is 1. The number of benzene rings is 1. The minimum Gasteiger partial charge on any atom is -0.490 e. The van der Waals surface area contributed by atoms with Gasteiger partial charge in [-0.25, -0.2) is 0 Å². The quantitative estimate of drug-likeness (QED) is 0.804. The molecule has 0 spiro atoms. The van der Waals surface area contributed by atoms with Gasteiger partial charge in [-0.3, -0.25) is 4.79 Å². The SMILES string of the molecule is CCOc1cc(C2SCCS2)cc(Br)c1OCC(=O)NC. The van der Waals surface area contributed by atoms with Gasteiger partial charge in [-0.15, -0.1) is 23.5 Å². The molecule has 0 aliphatic carbocycles. The third-order valence-corrected chi connectivity index (χ3v) is 6.55. The highest BCUT2D eigenvalue weighted by Gasteiger charge is 2.22. The van der Waals surface area contributed by atoms with Crippen LogP contribution in [-0.4, -0.2) is 37.7 Å². The van der Waals surface area contributed by atoms with E-state index in [9.17, 15) is 4.79 Å². The highest BCUT2D eigenvalue weighted by atomic mass is 79.9. The van der Waals surface area contributed by atoms with Gasteiger partial charge in [0.1, 0.15) is 0 Å². The van der Waals surface area contributed by atoms with E-state index in [4.69, 9.17) is 9.47 Å². The van der Waals surface area contributed by atoms with Gasteiger partial charge in [0, 0.05) is 18.6 Å². The summed E-state index contributed by atoms with van der Waals surface area (Å²) in [4.78, 5) is 11.3. The predicted molar refractivity (Wildman–Crippen MR) is 92.5 cm³/mol. The molecule has 1 aromatic carbocycles. The number of amides is 1. The van der Waals surface area contributed by atoms with Gasteiger partial charge in [0.2, 0.25) is 0 Å². The van der Waals surface area contributed by atoms with Crippen molar-refractivity contribution in [3.05, 3.63) is 22.2 Å². The standard InChI is InChI=1S/C14H18BrNO3S2/c1-3-18-11-7-9(14-20-4-5-21-14)6-10(15)13(11)19-8-12(17)16-2/h6-7,14H,3-5,8H2,1-2H3,(H,16,17). The zero-order valence-corrected chi connectivity index (χ0v) is 15.2. The van der Waals surface area contributed by atoms with Crippen LogP contribution in [-0.2, 0) is 4.79 Å². The van der Waals surface area contributed by atoms with Crippen LogP contribution in [0.15, 0.2) is 16.6 Å². The lowest BCUT2D eigenvalue weighted by atomic mass is 10.2. The summed E-state index contributed by atoms with van der Waals surface area (Å²) in [5, 5.41) is 2.54. The van der Waals surface area contributed by atoms with Crippen molar-refractivity contribution in [2.75, 3.05) is 31.8 Å². The number of halogens is 1. The summed E-state index contributed by atoms with van der Waals surface area (Å²) < 4.78 is 12.5. The summed E-state index contributed by atoms with van der Waals surface area (Å²) in [7, 11) is 1.59. The van der Waals surface area contributed by atoms with Gasteiger partial charge in [0.25, 0.3) is 5.91 Å². The van der Waals surface area contributed by atoms with E-state index < -0.39 is 0 Å². The Balaban J connectivity index is 2.23. The lowest BCUT2D eigenvalue weighted by Crippen LogP contribution is -2.25. The van der Waals surface area contributed by atoms with Crippen LogP contribution in [0, 0.1) is 0 Å². The molecule has 1 aliphatic rings. The van der Waals surface area contributed by atoms with Crippen LogP contribution in [0.1, 0.15) is 17.1 Å². The zero-order chi connectivity index (χ0) is 15.2. The van der Waals surface area contributed by atoms with Crippen LogP contribution in [0.5, 0.6) is 11.5 Å². The molecular formula is C14H18BrNO3S2. The van der Waals surface area contributed by atoms with Gasteiger partial charge in [-0.2, -0.15) is 0 Å². The molecule has 0 unspecified atom stereocenters.